The summed E-state index contributed by atoms with van der Waals surface area (Å²) in [5.74, 6) is 0.710. The van der Waals surface area contributed by atoms with Gasteiger partial charge in [0.05, 0.1) is 32.3 Å². The number of nitrogens with one attached hydrogen (secondary N) is 1. The Morgan fingerprint density at radius 3 is 2.57 bits per heavy atom. The molecule has 3 rings (SSSR count). The van der Waals surface area contributed by atoms with Crippen LogP contribution in [0.25, 0.3) is 0 Å². The Morgan fingerprint density at radius 2 is 1.86 bits per heavy atom. The molecule has 1 amide bonds. The summed E-state index contributed by atoms with van der Waals surface area (Å²) in [5, 5.41) is 3.48. The van der Waals surface area contributed by atoms with Gasteiger partial charge in [-0.25, -0.2) is 4.79 Å². The lowest BCUT2D eigenvalue weighted by Crippen LogP contribution is -2.16. The summed E-state index contributed by atoms with van der Waals surface area (Å²) in [4.78, 5) is 26.0. The van der Waals surface area contributed by atoms with Crippen LogP contribution in [-0.4, -0.2) is 32.2 Å². The fourth-order valence-corrected chi connectivity index (χ4v) is 4.67. The van der Waals surface area contributed by atoms with E-state index in [9.17, 15) is 9.59 Å². The molecule has 0 radical (unpaired) electrons. The van der Waals surface area contributed by atoms with Gasteiger partial charge < -0.3 is 19.5 Å². The van der Waals surface area contributed by atoms with Crippen molar-refractivity contribution in [3.63, 3.8) is 0 Å². The van der Waals surface area contributed by atoms with Crippen molar-refractivity contribution in [1.82, 2.24) is 0 Å². The zero-order valence-corrected chi connectivity index (χ0v) is 17.2. The molecule has 150 valence electrons. The van der Waals surface area contributed by atoms with Crippen LogP contribution in [0.4, 0.5) is 5.00 Å². The monoisotopic (exact) mass is 403 g/mol. The first-order valence-corrected chi connectivity index (χ1v) is 10.3. The lowest BCUT2D eigenvalue weighted by Gasteiger charge is -2.12. The number of methoxy groups -OCH3 is 1. The van der Waals surface area contributed by atoms with E-state index in [4.69, 9.17) is 14.2 Å². The van der Waals surface area contributed by atoms with Gasteiger partial charge in [-0.05, 0) is 56.4 Å². The molecule has 0 bridgehead atoms. The van der Waals surface area contributed by atoms with E-state index in [1.54, 1.807) is 0 Å². The summed E-state index contributed by atoms with van der Waals surface area (Å²) in [7, 11) is 1.36. The topological polar surface area (TPSA) is 73.9 Å². The van der Waals surface area contributed by atoms with Crippen molar-refractivity contribution in [3.8, 4) is 11.5 Å². The van der Waals surface area contributed by atoms with Gasteiger partial charge in [-0.15, -0.1) is 11.3 Å². The zero-order chi connectivity index (χ0) is 20.1. The Morgan fingerprint density at radius 1 is 1.11 bits per heavy atom. The highest BCUT2D eigenvalue weighted by atomic mass is 32.1. The average molecular weight is 404 g/mol. The number of esters is 1. The first kappa shape index (κ1) is 20.2. The fraction of sp³-hybridized carbons (Fsp3) is 0.429. The van der Waals surface area contributed by atoms with Crippen molar-refractivity contribution in [1.29, 1.82) is 0 Å². The van der Waals surface area contributed by atoms with E-state index in [0.29, 0.717) is 35.3 Å². The summed E-state index contributed by atoms with van der Waals surface area (Å²) < 4.78 is 16.1. The van der Waals surface area contributed by atoms with Crippen LogP contribution < -0.4 is 14.8 Å². The molecule has 2 aromatic rings. The molecular weight excluding hydrogens is 378 g/mol. The second-order valence-electron chi connectivity index (χ2n) is 6.43. The Bertz CT molecular complexity index is 874. The Labute approximate surface area is 168 Å². The van der Waals surface area contributed by atoms with E-state index in [1.165, 1.54) is 18.4 Å². The molecule has 0 saturated heterocycles. The molecule has 1 aromatic carbocycles. The van der Waals surface area contributed by atoms with E-state index < -0.39 is 5.97 Å². The molecule has 7 heteroatoms. The lowest BCUT2D eigenvalue weighted by molar-refractivity contribution is -0.115. The molecule has 1 aliphatic rings. The van der Waals surface area contributed by atoms with Gasteiger partial charge in [0.1, 0.15) is 5.00 Å². The maximum atomic E-state index is 12.6. The minimum atomic E-state index is -0.394. The number of amides is 1. The second-order valence-corrected chi connectivity index (χ2v) is 7.53. The van der Waals surface area contributed by atoms with E-state index in [1.807, 2.05) is 32.0 Å². The summed E-state index contributed by atoms with van der Waals surface area (Å²) in [6, 6.07) is 5.49. The van der Waals surface area contributed by atoms with Crippen molar-refractivity contribution in [2.24, 2.45) is 0 Å². The molecule has 0 aliphatic heterocycles. The number of carbonyl (C=O) groups is 2. The molecule has 0 spiro atoms. The van der Waals surface area contributed by atoms with Crippen LogP contribution in [0.2, 0.25) is 0 Å². The van der Waals surface area contributed by atoms with Crippen molar-refractivity contribution in [2.45, 2.75) is 39.5 Å². The van der Waals surface area contributed by atoms with Gasteiger partial charge in [-0.3, -0.25) is 4.79 Å². The number of hydrogen-bond donors (Lipinski definition) is 1. The van der Waals surface area contributed by atoms with E-state index in [0.717, 1.165) is 35.3 Å². The Kier molecular flexibility index (Phi) is 6.57. The highest BCUT2D eigenvalue weighted by molar-refractivity contribution is 7.17. The number of ether oxygens (including phenoxy) is 3. The van der Waals surface area contributed by atoms with Crippen LogP contribution in [0.5, 0.6) is 11.5 Å². The zero-order valence-electron chi connectivity index (χ0n) is 16.4. The van der Waals surface area contributed by atoms with Crippen LogP contribution >= 0.6 is 11.3 Å². The predicted octanol–water partition coefficient (Wildman–Crippen LogP) is 4.00. The molecule has 1 aliphatic carbocycles. The van der Waals surface area contributed by atoms with Crippen LogP contribution in [0.3, 0.4) is 0 Å². The molecule has 1 heterocycles. The number of rotatable bonds is 8. The molecule has 1 aromatic heterocycles. The predicted molar refractivity (Wildman–Crippen MR) is 109 cm³/mol. The fourth-order valence-electron chi connectivity index (χ4n) is 3.37. The normalized spacial score (nSPS) is 12.4. The van der Waals surface area contributed by atoms with Gasteiger partial charge in [0, 0.05) is 4.88 Å². The maximum absolute atomic E-state index is 12.6. The summed E-state index contributed by atoms with van der Waals surface area (Å²) in [6.45, 7) is 4.87. The molecule has 28 heavy (non-hydrogen) atoms. The van der Waals surface area contributed by atoms with Crippen molar-refractivity contribution in [2.75, 3.05) is 25.6 Å². The number of aryl methyl sites for hydroxylation is 1. The van der Waals surface area contributed by atoms with Crippen LogP contribution in [0.15, 0.2) is 18.2 Å². The highest BCUT2D eigenvalue weighted by Gasteiger charge is 2.28. The first-order chi connectivity index (χ1) is 13.6. The van der Waals surface area contributed by atoms with Crippen molar-refractivity contribution >= 4 is 28.2 Å². The minimum Gasteiger partial charge on any atom is -0.490 e. The Hall–Kier alpha value is -2.54. The third-order valence-electron chi connectivity index (χ3n) is 4.54. The van der Waals surface area contributed by atoms with Crippen LogP contribution in [0, 0.1) is 0 Å². The third-order valence-corrected chi connectivity index (χ3v) is 5.74. The summed E-state index contributed by atoms with van der Waals surface area (Å²) in [5.41, 5.74) is 2.34. The van der Waals surface area contributed by atoms with Gasteiger partial charge in [-0.1, -0.05) is 6.07 Å². The van der Waals surface area contributed by atoms with E-state index in [-0.39, 0.29) is 12.3 Å². The van der Waals surface area contributed by atoms with Gasteiger partial charge in [0.25, 0.3) is 0 Å². The first-order valence-electron chi connectivity index (χ1n) is 9.48. The maximum Gasteiger partial charge on any atom is 0.341 e. The molecule has 6 nitrogen and oxygen atoms in total. The van der Waals surface area contributed by atoms with Crippen LogP contribution in [-0.2, 0) is 28.8 Å². The highest BCUT2D eigenvalue weighted by Crippen LogP contribution is 2.39. The minimum absolute atomic E-state index is 0.176. The summed E-state index contributed by atoms with van der Waals surface area (Å²) in [6.07, 6.45) is 3.00. The molecule has 0 fully saturated rings. The second kappa shape index (κ2) is 9.10. The number of thiophene rings is 1. The van der Waals surface area contributed by atoms with Gasteiger partial charge >= 0.3 is 5.97 Å². The van der Waals surface area contributed by atoms with Gasteiger partial charge in [0.2, 0.25) is 5.91 Å². The number of carbonyl (C=O) groups excluding carboxylic acids is 2. The molecular formula is C21H25NO5S. The third kappa shape index (κ3) is 4.30. The number of fused-ring (bicyclic) bond motifs is 1. The van der Waals surface area contributed by atoms with Crippen molar-refractivity contribution in [3.05, 3.63) is 39.8 Å². The van der Waals surface area contributed by atoms with E-state index in [2.05, 4.69) is 5.32 Å². The molecule has 0 atom stereocenters. The number of hydrogen-bond acceptors (Lipinski definition) is 6. The Balaban J connectivity index is 1.76. The van der Waals surface area contributed by atoms with Crippen molar-refractivity contribution < 1.29 is 23.8 Å². The van der Waals surface area contributed by atoms with Gasteiger partial charge in [0.15, 0.2) is 11.5 Å². The summed E-state index contributed by atoms with van der Waals surface area (Å²) >= 11 is 1.47. The van der Waals surface area contributed by atoms with Crippen LogP contribution in [0.1, 0.15) is 46.6 Å². The SMILES string of the molecule is CCOc1ccc(CC(=O)Nc2sc3c(c2C(=O)OC)CCC3)cc1OCC. The largest absolute Gasteiger partial charge is 0.490 e. The number of benzene rings is 1. The quantitative estimate of drug-likeness (QED) is 0.675. The molecule has 0 saturated carbocycles. The smallest absolute Gasteiger partial charge is 0.341 e. The lowest BCUT2D eigenvalue weighted by atomic mass is 10.1. The standard InChI is InChI=1S/C21H25NO5S/c1-4-26-15-10-9-13(11-16(15)27-5-2)12-18(23)22-20-19(21(24)25-3)14-7-6-8-17(14)28-20/h9-11H,4-8,12H2,1-3H3,(H,22,23). The average Bonchev–Trinajstić information content (AvgIpc) is 3.24. The molecule has 1 N–H and O–H groups in total. The van der Waals surface area contributed by atoms with Gasteiger partial charge in [-0.2, -0.15) is 0 Å². The number of anilines is 1. The molecule has 0 unspecified atom stereocenters. The van der Waals surface area contributed by atoms with E-state index >= 15 is 0 Å².